The molecular weight excluding hydrogens is 288 g/mol. The number of primary amides is 4. The third-order valence-electron chi connectivity index (χ3n) is 2.61. The highest BCUT2D eigenvalue weighted by Gasteiger charge is 2.19. The van der Waals surface area contributed by atoms with E-state index in [1.54, 1.807) is 12.1 Å². The van der Waals surface area contributed by atoms with Crippen LogP contribution in [0.1, 0.15) is 11.1 Å². The van der Waals surface area contributed by atoms with Crippen LogP contribution in [0, 0.1) is 0 Å². The van der Waals surface area contributed by atoms with Crippen molar-refractivity contribution in [2.75, 3.05) is 0 Å². The fourth-order valence-corrected chi connectivity index (χ4v) is 1.80. The van der Waals surface area contributed by atoms with E-state index in [1.807, 2.05) is 0 Å². The summed E-state index contributed by atoms with van der Waals surface area (Å²) in [5, 5.41) is 0. The van der Waals surface area contributed by atoms with Gasteiger partial charge in [-0.05, 0) is 11.1 Å². The SMILES string of the molecule is NC(=O)C=C(C(N)=O)c1ccccc1C(=CC(N)=O)C(N)=O. The number of carbonyl (C=O) groups is 4. The number of amides is 4. The highest BCUT2D eigenvalue weighted by Crippen LogP contribution is 2.25. The summed E-state index contributed by atoms with van der Waals surface area (Å²) in [6, 6.07) is 5.93. The molecule has 0 aromatic heterocycles. The smallest absolute Gasteiger partial charge is 0.249 e. The van der Waals surface area contributed by atoms with Crippen LogP contribution >= 0.6 is 0 Å². The van der Waals surface area contributed by atoms with Gasteiger partial charge in [0.15, 0.2) is 0 Å². The molecule has 1 rings (SSSR count). The fourth-order valence-electron chi connectivity index (χ4n) is 1.80. The molecule has 0 spiro atoms. The lowest BCUT2D eigenvalue weighted by molar-refractivity contribution is -0.115. The Labute approximate surface area is 125 Å². The van der Waals surface area contributed by atoms with E-state index in [9.17, 15) is 19.2 Å². The maximum Gasteiger partial charge on any atom is 0.249 e. The summed E-state index contributed by atoms with van der Waals surface area (Å²) >= 11 is 0. The van der Waals surface area contributed by atoms with Crippen molar-refractivity contribution in [1.82, 2.24) is 0 Å². The minimum atomic E-state index is -0.936. The fraction of sp³-hybridized carbons (Fsp3) is 0. The highest BCUT2D eigenvalue weighted by molar-refractivity contribution is 6.28. The molecule has 22 heavy (non-hydrogen) atoms. The zero-order valence-corrected chi connectivity index (χ0v) is 11.4. The number of hydrogen-bond acceptors (Lipinski definition) is 4. The van der Waals surface area contributed by atoms with Crippen LogP contribution in [0.3, 0.4) is 0 Å². The van der Waals surface area contributed by atoms with Gasteiger partial charge in [-0.1, -0.05) is 24.3 Å². The highest BCUT2D eigenvalue weighted by atomic mass is 16.2. The zero-order chi connectivity index (χ0) is 16.9. The second-order valence-electron chi connectivity index (χ2n) is 4.19. The molecule has 8 N–H and O–H groups in total. The molecule has 0 unspecified atom stereocenters. The Kier molecular flexibility index (Phi) is 5.17. The van der Waals surface area contributed by atoms with Crippen LogP contribution in [0.15, 0.2) is 36.4 Å². The molecule has 0 bridgehead atoms. The first kappa shape index (κ1) is 16.6. The van der Waals surface area contributed by atoms with Gasteiger partial charge in [-0.25, -0.2) is 0 Å². The molecule has 0 aliphatic rings. The Balaban J connectivity index is 3.66. The average molecular weight is 302 g/mol. The summed E-state index contributed by atoms with van der Waals surface area (Å²) in [5.74, 6) is -3.67. The molecule has 114 valence electrons. The van der Waals surface area contributed by atoms with Crippen LogP contribution in [0.4, 0.5) is 0 Å². The summed E-state index contributed by atoms with van der Waals surface area (Å²) in [6.07, 6.45) is 1.65. The first-order valence-electron chi connectivity index (χ1n) is 5.95. The lowest BCUT2D eigenvalue weighted by Gasteiger charge is -2.11. The minimum Gasteiger partial charge on any atom is -0.366 e. The van der Waals surface area contributed by atoms with Gasteiger partial charge in [-0.3, -0.25) is 19.2 Å². The van der Waals surface area contributed by atoms with Crippen molar-refractivity contribution in [3.05, 3.63) is 47.5 Å². The monoisotopic (exact) mass is 302 g/mol. The van der Waals surface area contributed by atoms with Crippen molar-refractivity contribution >= 4 is 34.8 Å². The van der Waals surface area contributed by atoms with Gasteiger partial charge in [0.1, 0.15) is 0 Å². The van der Waals surface area contributed by atoms with Crippen LogP contribution in [0.5, 0.6) is 0 Å². The Morgan fingerprint density at radius 2 is 1.00 bits per heavy atom. The Bertz CT molecular complexity index is 658. The van der Waals surface area contributed by atoms with Crippen molar-refractivity contribution in [3.8, 4) is 0 Å². The first-order chi connectivity index (χ1) is 10.2. The van der Waals surface area contributed by atoms with Gasteiger partial charge in [0.05, 0.1) is 11.1 Å². The van der Waals surface area contributed by atoms with Gasteiger partial charge < -0.3 is 22.9 Å². The number of nitrogens with two attached hydrogens (primary N) is 4. The third-order valence-corrected chi connectivity index (χ3v) is 2.61. The predicted molar refractivity (Wildman–Crippen MR) is 79.2 cm³/mol. The van der Waals surface area contributed by atoms with E-state index in [2.05, 4.69) is 0 Å². The minimum absolute atomic E-state index is 0.125. The van der Waals surface area contributed by atoms with E-state index < -0.39 is 23.6 Å². The zero-order valence-electron chi connectivity index (χ0n) is 11.4. The predicted octanol–water partition coefficient (Wildman–Crippen LogP) is -1.61. The molecule has 0 aliphatic carbocycles. The molecule has 8 heteroatoms. The topological polar surface area (TPSA) is 172 Å². The summed E-state index contributed by atoms with van der Waals surface area (Å²) in [4.78, 5) is 45.1. The lowest BCUT2D eigenvalue weighted by atomic mass is 9.93. The summed E-state index contributed by atoms with van der Waals surface area (Å²) in [5.41, 5.74) is 20.3. The third kappa shape index (κ3) is 4.04. The van der Waals surface area contributed by atoms with Gasteiger partial charge in [-0.2, -0.15) is 0 Å². The van der Waals surface area contributed by atoms with Crippen molar-refractivity contribution in [3.63, 3.8) is 0 Å². The van der Waals surface area contributed by atoms with E-state index in [0.29, 0.717) is 0 Å². The number of rotatable bonds is 6. The van der Waals surface area contributed by atoms with Crippen molar-refractivity contribution in [1.29, 1.82) is 0 Å². The maximum absolute atomic E-state index is 11.5. The molecular formula is C14H14N4O4. The molecule has 0 atom stereocenters. The Hall–Kier alpha value is -3.42. The second kappa shape index (κ2) is 6.84. The maximum atomic E-state index is 11.5. The number of carbonyl (C=O) groups excluding carboxylic acids is 4. The number of benzene rings is 1. The molecule has 1 aromatic rings. The second-order valence-corrected chi connectivity index (χ2v) is 4.19. The van der Waals surface area contributed by atoms with Crippen molar-refractivity contribution < 1.29 is 19.2 Å². The van der Waals surface area contributed by atoms with Gasteiger partial charge in [0, 0.05) is 12.2 Å². The van der Waals surface area contributed by atoms with Crippen molar-refractivity contribution in [2.45, 2.75) is 0 Å². The average Bonchev–Trinajstić information content (AvgIpc) is 2.41. The van der Waals surface area contributed by atoms with Crippen LogP contribution in [0.2, 0.25) is 0 Å². The number of hydrogen-bond donors (Lipinski definition) is 4. The molecule has 0 heterocycles. The van der Waals surface area contributed by atoms with Gasteiger partial charge in [0.25, 0.3) is 0 Å². The molecule has 1 aromatic carbocycles. The van der Waals surface area contributed by atoms with E-state index in [0.717, 1.165) is 12.2 Å². The Morgan fingerprint density at radius 3 is 1.23 bits per heavy atom. The van der Waals surface area contributed by atoms with E-state index in [-0.39, 0.29) is 22.3 Å². The van der Waals surface area contributed by atoms with E-state index >= 15 is 0 Å². The molecule has 0 fully saturated rings. The van der Waals surface area contributed by atoms with Crippen molar-refractivity contribution in [2.24, 2.45) is 22.9 Å². The normalized spacial score (nSPS) is 11.8. The van der Waals surface area contributed by atoms with E-state index in [4.69, 9.17) is 22.9 Å². The standard InChI is InChI=1S/C14H14N4O4/c15-11(19)5-9(13(17)21)7-3-1-2-4-8(7)10(14(18)22)6-12(16)20/h1-6H,(H2,15,19)(H2,16,20)(H2,17,21)(H2,18,22). The largest absolute Gasteiger partial charge is 0.366 e. The van der Waals surface area contributed by atoms with Gasteiger partial charge in [0.2, 0.25) is 23.6 Å². The lowest BCUT2D eigenvalue weighted by Crippen LogP contribution is -2.20. The molecule has 0 saturated carbocycles. The molecule has 8 nitrogen and oxygen atoms in total. The van der Waals surface area contributed by atoms with Gasteiger partial charge >= 0.3 is 0 Å². The molecule has 4 amide bonds. The van der Waals surface area contributed by atoms with Crippen LogP contribution in [0.25, 0.3) is 11.1 Å². The van der Waals surface area contributed by atoms with Crippen LogP contribution in [-0.2, 0) is 19.2 Å². The summed E-state index contributed by atoms with van der Waals surface area (Å²) in [6.45, 7) is 0. The summed E-state index contributed by atoms with van der Waals surface area (Å²) in [7, 11) is 0. The van der Waals surface area contributed by atoms with E-state index in [1.165, 1.54) is 12.1 Å². The molecule has 0 radical (unpaired) electrons. The van der Waals surface area contributed by atoms with Crippen LogP contribution in [-0.4, -0.2) is 23.6 Å². The quantitative estimate of drug-likeness (QED) is 0.463. The first-order valence-corrected chi connectivity index (χ1v) is 5.95. The molecule has 0 saturated heterocycles. The van der Waals surface area contributed by atoms with Crippen LogP contribution < -0.4 is 22.9 Å². The molecule has 0 aliphatic heterocycles. The van der Waals surface area contributed by atoms with Gasteiger partial charge in [-0.15, -0.1) is 0 Å². The summed E-state index contributed by atoms with van der Waals surface area (Å²) < 4.78 is 0. The Morgan fingerprint density at radius 1 is 0.682 bits per heavy atom.